The number of alkyl halides is 1. The smallest absolute Gasteiger partial charge is 0.164 e. The fraction of sp³-hybridized carbons (Fsp3) is 0.778. The van der Waals surface area contributed by atoms with Gasteiger partial charge in [-0.05, 0) is 27.7 Å². The number of aliphatic hydroxyl groups is 2. The average Bonchev–Trinajstić information content (AvgIpc) is 3.09. The highest BCUT2D eigenvalue weighted by Gasteiger charge is 2.47. The molecule has 0 aliphatic carbocycles. The number of rotatable bonds is 6. The van der Waals surface area contributed by atoms with Crippen LogP contribution in [0.25, 0.3) is 0 Å². The summed E-state index contributed by atoms with van der Waals surface area (Å²) >= 11 is 0. The Balaban J connectivity index is 1.71. The standard InChI is InChI=1S/C18H27FN2O6/c1-17(2)24-13(14(9-23)25-17)5-10-6-21-12(7-20-10)16-15(11(19)8-22)26-18(3,4)27-16/h6-7,11,13-16,22-23H,5,8-9H2,1-4H3/t11?,13-,14+,15-,16+/m0/s1. The van der Waals surface area contributed by atoms with Crippen molar-refractivity contribution in [1.82, 2.24) is 9.97 Å². The van der Waals surface area contributed by atoms with Gasteiger partial charge in [0.2, 0.25) is 0 Å². The summed E-state index contributed by atoms with van der Waals surface area (Å²) in [6.07, 6.45) is -0.596. The molecule has 0 bridgehead atoms. The first-order chi connectivity index (χ1) is 12.6. The van der Waals surface area contributed by atoms with Gasteiger partial charge in [-0.1, -0.05) is 0 Å². The van der Waals surface area contributed by atoms with Crippen LogP contribution < -0.4 is 0 Å². The van der Waals surface area contributed by atoms with E-state index >= 15 is 0 Å². The predicted molar refractivity (Wildman–Crippen MR) is 91.4 cm³/mol. The molecule has 0 aromatic carbocycles. The zero-order valence-electron chi connectivity index (χ0n) is 16.0. The Morgan fingerprint density at radius 3 is 2.26 bits per heavy atom. The molecule has 0 amide bonds. The molecule has 5 atom stereocenters. The maximum atomic E-state index is 14.1. The molecule has 2 aliphatic rings. The number of nitrogens with zero attached hydrogens (tertiary/aromatic N) is 2. The Bertz CT molecular complexity index is 641. The monoisotopic (exact) mass is 386 g/mol. The van der Waals surface area contributed by atoms with E-state index < -0.39 is 42.7 Å². The second-order valence-electron chi connectivity index (χ2n) is 7.75. The number of halogens is 1. The van der Waals surface area contributed by atoms with Crippen molar-refractivity contribution in [3.05, 3.63) is 23.8 Å². The molecule has 1 unspecified atom stereocenters. The zero-order chi connectivity index (χ0) is 19.8. The van der Waals surface area contributed by atoms with Crippen molar-refractivity contribution in [1.29, 1.82) is 0 Å². The van der Waals surface area contributed by atoms with E-state index in [1.54, 1.807) is 33.9 Å². The number of aliphatic hydroxyl groups excluding tert-OH is 2. The maximum absolute atomic E-state index is 14.1. The van der Waals surface area contributed by atoms with Crippen molar-refractivity contribution in [2.24, 2.45) is 0 Å². The molecular formula is C18H27FN2O6. The molecule has 1 aromatic rings. The molecule has 27 heavy (non-hydrogen) atoms. The van der Waals surface area contributed by atoms with Crippen LogP contribution in [0.15, 0.2) is 12.4 Å². The van der Waals surface area contributed by atoms with E-state index in [-0.39, 0.29) is 12.7 Å². The van der Waals surface area contributed by atoms with Gasteiger partial charge in [-0.25, -0.2) is 4.39 Å². The summed E-state index contributed by atoms with van der Waals surface area (Å²) in [7, 11) is 0. The molecule has 3 heterocycles. The predicted octanol–water partition coefficient (Wildman–Crippen LogP) is 1.05. The lowest BCUT2D eigenvalue weighted by Crippen LogP contribution is -2.32. The largest absolute Gasteiger partial charge is 0.394 e. The molecule has 2 fully saturated rings. The highest BCUT2D eigenvalue weighted by atomic mass is 19.1. The van der Waals surface area contributed by atoms with Gasteiger partial charge in [0.15, 0.2) is 17.7 Å². The van der Waals surface area contributed by atoms with Crippen LogP contribution >= 0.6 is 0 Å². The van der Waals surface area contributed by atoms with Crippen LogP contribution in [0.3, 0.4) is 0 Å². The van der Waals surface area contributed by atoms with E-state index in [2.05, 4.69) is 9.97 Å². The van der Waals surface area contributed by atoms with Crippen LogP contribution in [0.1, 0.15) is 45.2 Å². The van der Waals surface area contributed by atoms with Crippen LogP contribution in [-0.4, -0.2) is 69.5 Å². The third kappa shape index (κ3) is 4.61. The van der Waals surface area contributed by atoms with Gasteiger partial charge in [0.05, 0.1) is 36.9 Å². The Kier molecular flexibility index (Phi) is 5.81. The fourth-order valence-corrected chi connectivity index (χ4v) is 3.45. The fourth-order valence-electron chi connectivity index (χ4n) is 3.45. The minimum Gasteiger partial charge on any atom is -0.394 e. The quantitative estimate of drug-likeness (QED) is 0.748. The molecule has 8 nitrogen and oxygen atoms in total. The number of hydrogen-bond donors (Lipinski definition) is 2. The minimum absolute atomic E-state index is 0.150. The summed E-state index contributed by atoms with van der Waals surface area (Å²) in [5.74, 6) is -1.75. The van der Waals surface area contributed by atoms with Crippen LogP contribution in [0.5, 0.6) is 0 Å². The third-order valence-electron chi connectivity index (χ3n) is 4.55. The Hall–Kier alpha value is -1.23. The number of ether oxygens (including phenoxy) is 4. The summed E-state index contributed by atoms with van der Waals surface area (Å²) in [5.41, 5.74) is 1.07. The van der Waals surface area contributed by atoms with E-state index in [1.165, 1.54) is 6.20 Å². The molecule has 9 heteroatoms. The third-order valence-corrected chi connectivity index (χ3v) is 4.55. The van der Waals surface area contributed by atoms with E-state index in [0.29, 0.717) is 17.8 Å². The van der Waals surface area contributed by atoms with Crippen molar-refractivity contribution in [2.45, 2.75) is 76.3 Å². The van der Waals surface area contributed by atoms with E-state index in [1.807, 2.05) is 0 Å². The zero-order valence-corrected chi connectivity index (χ0v) is 16.0. The molecule has 0 spiro atoms. The Labute approximate surface area is 157 Å². The first kappa shape index (κ1) is 20.5. The summed E-state index contributed by atoms with van der Waals surface area (Å²) in [5, 5.41) is 18.6. The SMILES string of the molecule is CC1(C)O[C@@H](Cc2cnc([C@H]3OC(C)(C)O[C@H]3C(F)CO)cn2)[C@@H](CO)O1. The van der Waals surface area contributed by atoms with Crippen molar-refractivity contribution < 1.29 is 33.6 Å². The van der Waals surface area contributed by atoms with Gasteiger partial charge in [-0.15, -0.1) is 0 Å². The van der Waals surface area contributed by atoms with Gasteiger partial charge >= 0.3 is 0 Å². The highest BCUT2D eigenvalue weighted by molar-refractivity contribution is 5.11. The molecular weight excluding hydrogens is 359 g/mol. The van der Waals surface area contributed by atoms with E-state index in [0.717, 1.165) is 0 Å². The lowest BCUT2D eigenvalue weighted by molar-refractivity contribution is -0.153. The maximum Gasteiger partial charge on any atom is 0.164 e. The van der Waals surface area contributed by atoms with Gasteiger partial charge in [0, 0.05) is 12.6 Å². The van der Waals surface area contributed by atoms with E-state index in [4.69, 9.17) is 24.1 Å². The van der Waals surface area contributed by atoms with Gasteiger partial charge < -0.3 is 29.2 Å². The molecule has 0 saturated carbocycles. The van der Waals surface area contributed by atoms with Gasteiger partial charge in [0.1, 0.15) is 18.3 Å². The lowest BCUT2D eigenvalue weighted by atomic mass is 10.1. The second-order valence-corrected chi connectivity index (χ2v) is 7.75. The van der Waals surface area contributed by atoms with Gasteiger partial charge in [-0.3, -0.25) is 9.97 Å². The van der Waals surface area contributed by atoms with E-state index in [9.17, 15) is 9.50 Å². The molecule has 0 radical (unpaired) electrons. The first-order valence-electron chi connectivity index (χ1n) is 9.02. The van der Waals surface area contributed by atoms with Crippen molar-refractivity contribution >= 4 is 0 Å². The minimum atomic E-state index is -1.59. The lowest BCUT2D eigenvalue weighted by Gasteiger charge is -2.19. The van der Waals surface area contributed by atoms with Crippen molar-refractivity contribution in [3.63, 3.8) is 0 Å². The summed E-state index contributed by atoms with van der Waals surface area (Å²) in [6.45, 7) is 6.13. The molecule has 2 N–H and O–H groups in total. The van der Waals surface area contributed by atoms with Crippen molar-refractivity contribution in [2.75, 3.05) is 13.2 Å². The topological polar surface area (TPSA) is 103 Å². The van der Waals surface area contributed by atoms with Crippen LogP contribution in [-0.2, 0) is 25.4 Å². The normalized spacial score (nSPS) is 33.3. The van der Waals surface area contributed by atoms with Crippen LogP contribution in [0.4, 0.5) is 4.39 Å². The second kappa shape index (κ2) is 7.65. The average molecular weight is 386 g/mol. The van der Waals surface area contributed by atoms with Gasteiger partial charge in [-0.2, -0.15) is 0 Å². The number of aromatic nitrogens is 2. The molecule has 2 saturated heterocycles. The molecule has 3 rings (SSSR count). The van der Waals surface area contributed by atoms with Gasteiger partial charge in [0.25, 0.3) is 0 Å². The molecule has 152 valence electrons. The van der Waals surface area contributed by atoms with Crippen molar-refractivity contribution in [3.8, 4) is 0 Å². The molecule has 2 aliphatic heterocycles. The Morgan fingerprint density at radius 1 is 1.00 bits per heavy atom. The highest BCUT2D eigenvalue weighted by Crippen LogP contribution is 2.39. The summed E-state index contributed by atoms with van der Waals surface area (Å²) in [4.78, 5) is 8.72. The van der Waals surface area contributed by atoms with Crippen LogP contribution in [0, 0.1) is 0 Å². The first-order valence-corrected chi connectivity index (χ1v) is 9.02. The number of hydrogen-bond acceptors (Lipinski definition) is 8. The Morgan fingerprint density at radius 2 is 1.67 bits per heavy atom. The summed E-state index contributed by atoms with van der Waals surface area (Å²) in [6, 6.07) is 0. The van der Waals surface area contributed by atoms with Crippen LogP contribution in [0.2, 0.25) is 0 Å². The molecule has 1 aromatic heterocycles. The summed E-state index contributed by atoms with van der Waals surface area (Å²) < 4.78 is 36.8.